The summed E-state index contributed by atoms with van der Waals surface area (Å²) in [4.78, 5) is 27.1. The summed E-state index contributed by atoms with van der Waals surface area (Å²) in [6.45, 7) is 5.98. The van der Waals surface area contributed by atoms with Gasteiger partial charge in [0.25, 0.3) is 5.91 Å². The van der Waals surface area contributed by atoms with E-state index in [1.54, 1.807) is 32.8 Å². The Morgan fingerprint density at radius 2 is 1.76 bits per heavy atom. The summed E-state index contributed by atoms with van der Waals surface area (Å²) in [5.74, 6) is -0.278. The van der Waals surface area contributed by atoms with Crippen LogP contribution in [-0.2, 0) is 19.9 Å². The Morgan fingerprint density at radius 3 is 2.33 bits per heavy atom. The first-order valence-corrected chi connectivity index (χ1v) is 7.03. The SMILES string of the molecule is COCCN1C(=O)C(C)(C)NC(=O)C1(C)c1ccccc1. The lowest BCUT2D eigenvalue weighted by Gasteiger charge is -2.49. The predicted octanol–water partition coefficient (Wildman–Crippen LogP) is 1.29. The third kappa shape index (κ3) is 2.53. The summed E-state index contributed by atoms with van der Waals surface area (Å²) in [6, 6.07) is 9.36. The molecule has 5 nitrogen and oxygen atoms in total. The van der Waals surface area contributed by atoms with Crippen LogP contribution in [0.1, 0.15) is 26.3 Å². The highest BCUT2D eigenvalue weighted by Crippen LogP contribution is 2.34. The monoisotopic (exact) mass is 290 g/mol. The van der Waals surface area contributed by atoms with Crippen LogP contribution in [0.3, 0.4) is 0 Å². The molecule has 0 aliphatic carbocycles. The molecule has 1 fully saturated rings. The highest BCUT2D eigenvalue weighted by molar-refractivity contribution is 6.02. The van der Waals surface area contributed by atoms with Crippen LogP contribution in [0.2, 0.25) is 0 Å². The Balaban J connectivity index is 2.49. The molecule has 1 saturated heterocycles. The minimum atomic E-state index is -1.02. The highest BCUT2D eigenvalue weighted by atomic mass is 16.5. The molecule has 1 heterocycles. The molecule has 1 aromatic rings. The molecule has 1 N–H and O–H groups in total. The van der Waals surface area contributed by atoms with E-state index in [0.29, 0.717) is 13.2 Å². The van der Waals surface area contributed by atoms with Crippen LogP contribution >= 0.6 is 0 Å². The number of ether oxygens (including phenoxy) is 1. The average Bonchev–Trinajstić information content (AvgIpc) is 2.46. The smallest absolute Gasteiger partial charge is 0.251 e. The van der Waals surface area contributed by atoms with E-state index in [0.717, 1.165) is 5.56 Å². The summed E-state index contributed by atoms with van der Waals surface area (Å²) >= 11 is 0. The van der Waals surface area contributed by atoms with Gasteiger partial charge in [0.05, 0.1) is 6.61 Å². The van der Waals surface area contributed by atoms with Crippen molar-refractivity contribution in [1.82, 2.24) is 10.2 Å². The highest BCUT2D eigenvalue weighted by Gasteiger charge is 2.53. The zero-order valence-corrected chi connectivity index (χ0v) is 13.0. The van der Waals surface area contributed by atoms with Gasteiger partial charge in [-0.25, -0.2) is 0 Å². The lowest BCUT2D eigenvalue weighted by Crippen LogP contribution is -2.72. The minimum absolute atomic E-state index is 0.106. The Hall–Kier alpha value is -1.88. The van der Waals surface area contributed by atoms with Crippen molar-refractivity contribution in [3.8, 4) is 0 Å². The molecular weight excluding hydrogens is 268 g/mol. The van der Waals surface area contributed by atoms with E-state index >= 15 is 0 Å². The summed E-state index contributed by atoms with van der Waals surface area (Å²) in [5.41, 5.74) is -1.13. The van der Waals surface area contributed by atoms with Crippen molar-refractivity contribution in [2.45, 2.75) is 31.8 Å². The Morgan fingerprint density at radius 1 is 1.14 bits per heavy atom. The van der Waals surface area contributed by atoms with Crippen molar-refractivity contribution in [2.24, 2.45) is 0 Å². The van der Waals surface area contributed by atoms with Gasteiger partial charge in [-0.2, -0.15) is 0 Å². The minimum Gasteiger partial charge on any atom is -0.383 e. The van der Waals surface area contributed by atoms with Gasteiger partial charge < -0.3 is 15.0 Å². The first kappa shape index (κ1) is 15.5. The Bertz CT molecular complexity index is 542. The van der Waals surface area contributed by atoms with Crippen LogP contribution < -0.4 is 5.32 Å². The fourth-order valence-corrected chi connectivity index (χ4v) is 2.68. The summed E-state index contributed by atoms with van der Waals surface area (Å²) < 4.78 is 5.10. The van der Waals surface area contributed by atoms with Gasteiger partial charge in [0.1, 0.15) is 11.1 Å². The number of hydrogen-bond donors (Lipinski definition) is 1. The number of piperazine rings is 1. The number of nitrogens with one attached hydrogen (secondary N) is 1. The second-order valence-electron chi connectivity index (χ2n) is 5.97. The maximum absolute atomic E-state index is 12.7. The second-order valence-corrected chi connectivity index (χ2v) is 5.97. The van der Waals surface area contributed by atoms with E-state index in [1.165, 1.54) is 0 Å². The van der Waals surface area contributed by atoms with Crippen LogP contribution in [0.25, 0.3) is 0 Å². The van der Waals surface area contributed by atoms with Crippen LogP contribution in [0.4, 0.5) is 0 Å². The number of rotatable bonds is 4. The number of amides is 2. The fraction of sp³-hybridized carbons (Fsp3) is 0.500. The first-order chi connectivity index (χ1) is 9.84. The van der Waals surface area contributed by atoms with Gasteiger partial charge in [0, 0.05) is 13.7 Å². The summed E-state index contributed by atoms with van der Waals surface area (Å²) in [7, 11) is 1.58. The molecule has 1 aromatic carbocycles. The molecule has 2 amide bonds. The largest absolute Gasteiger partial charge is 0.383 e. The van der Waals surface area contributed by atoms with Crippen molar-refractivity contribution < 1.29 is 14.3 Å². The second kappa shape index (κ2) is 5.48. The zero-order chi connectivity index (χ0) is 15.7. The molecule has 0 spiro atoms. The molecular formula is C16H22N2O3. The number of nitrogens with zero attached hydrogens (tertiary/aromatic N) is 1. The Labute approximate surface area is 125 Å². The summed E-state index contributed by atoms with van der Waals surface area (Å²) in [5, 5.41) is 2.83. The zero-order valence-electron chi connectivity index (χ0n) is 13.0. The third-order valence-corrected chi connectivity index (χ3v) is 4.04. The van der Waals surface area contributed by atoms with E-state index in [1.807, 2.05) is 30.3 Å². The van der Waals surface area contributed by atoms with Crippen LogP contribution in [0, 0.1) is 0 Å². The average molecular weight is 290 g/mol. The Kier molecular flexibility index (Phi) is 4.05. The van der Waals surface area contributed by atoms with Crippen LogP contribution in [0.5, 0.6) is 0 Å². The first-order valence-electron chi connectivity index (χ1n) is 7.03. The molecule has 1 aliphatic heterocycles. The van der Waals surface area contributed by atoms with Gasteiger partial charge in [-0.3, -0.25) is 9.59 Å². The quantitative estimate of drug-likeness (QED) is 0.909. The van der Waals surface area contributed by atoms with Crippen molar-refractivity contribution in [1.29, 1.82) is 0 Å². The van der Waals surface area contributed by atoms with Gasteiger partial charge in [-0.1, -0.05) is 30.3 Å². The van der Waals surface area contributed by atoms with E-state index in [2.05, 4.69) is 5.32 Å². The molecule has 2 rings (SSSR count). The van der Waals surface area contributed by atoms with Gasteiger partial charge in [0.15, 0.2) is 0 Å². The fourth-order valence-electron chi connectivity index (χ4n) is 2.68. The van der Waals surface area contributed by atoms with E-state index in [-0.39, 0.29) is 11.8 Å². The topological polar surface area (TPSA) is 58.6 Å². The van der Waals surface area contributed by atoms with Crippen LogP contribution in [0.15, 0.2) is 30.3 Å². The van der Waals surface area contributed by atoms with Gasteiger partial charge in [-0.15, -0.1) is 0 Å². The van der Waals surface area contributed by atoms with Crippen LogP contribution in [-0.4, -0.2) is 42.5 Å². The van der Waals surface area contributed by atoms with E-state index in [9.17, 15) is 9.59 Å². The molecule has 0 aromatic heterocycles. The molecule has 114 valence electrons. The number of methoxy groups -OCH3 is 1. The van der Waals surface area contributed by atoms with Crippen molar-refractivity contribution >= 4 is 11.8 Å². The van der Waals surface area contributed by atoms with E-state index < -0.39 is 11.1 Å². The van der Waals surface area contributed by atoms with Crippen molar-refractivity contribution in [3.63, 3.8) is 0 Å². The standard InChI is InChI=1S/C16H22N2O3/c1-15(2)14(20)18(10-11-21-4)16(3,13(19)17-15)12-8-6-5-7-9-12/h5-9H,10-11H2,1-4H3,(H,17,19). The van der Waals surface area contributed by atoms with Gasteiger partial charge in [0.2, 0.25) is 5.91 Å². The van der Waals surface area contributed by atoms with Crippen molar-refractivity contribution in [3.05, 3.63) is 35.9 Å². The number of benzene rings is 1. The molecule has 1 unspecified atom stereocenters. The number of hydrogen-bond acceptors (Lipinski definition) is 3. The molecule has 5 heteroatoms. The molecule has 0 radical (unpaired) electrons. The summed E-state index contributed by atoms with van der Waals surface area (Å²) in [6.07, 6.45) is 0. The maximum atomic E-state index is 12.7. The van der Waals surface area contributed by atoms with Gasteiger partial charge in [-0.05, 0) is 26.3 Å². The van der Waals surface area contributed by atoms with Gasteiger partial charge >= 0.3 is 0 Å². The molecule has 0 bridgehead atoms. The normalized spacial score (nSPS) is 24.9. The molecule has 21 heavy (non-hydrogen) atoms. The van der Waals surface area contributed by atoms with E-state index in [4.69, 9.17) is 4.74 Å². The predicted molar refractivity (Wildman–Crippen MR) is 79.6 cm³/mol. The lowest BCUT2D eigenvalue weighted by atomic mass is 9.83. The number of carbonyl (C=O) groups is 2. The molecule has 0 saturated carbocycles. The van der Waals surface area contributed by atoms with Crippen molar-refractivity contribution in [2.75, 3.05) is 20.3 Å². The third-order valence-electron chi connectivity index (χ3n) is 4.04. The molecule has 1 aliphatic rings. The lowest BCUT2D eigenvalue weighted by molar-refractivity contribution is -0.162. The maximum Gasteiger partial charge on any atom is 0.251 e. The number of carbonyl (C=O) groups excluding carboxylic acids is 2. The molecule has 1 atom stereocenters.